The van der Waals surface area contributed by atoms with Crippen LogP contribution in [0.2, 0.25) is 13.1 Å². The number of hydrogen-bond donors (Lipinski definition) is 0. The highest BCUT2D eigenvalue weighted by atomic mass is 28.3. The normalized spacial score (nSPS) is 11.4. The van der Waals surface area contributed by atoms with Gasteiger partial charge in [-0.25, -0.2) is 0 Å². The van der Waals surface area contributed by atoms with Crippen molar-refractivity contribution in [2.75, 3.05) is 0 Å². The summed E-state index contributed by atoms with van der Waals surface area (Å²) in [6, 6.07) is 6.07. The van der Waals surface area contributed by atoms with E-state index in [1.807, 2.05) is 37.7 Å². The topological polar surface area (TPSA) is 39.4 Å². The fourth-order valence-corrected chi connectivity index (χ4v) is 2.30. The molecular formula is C14H18N3OSi. The van der Waals surface area contributed by atoms with E-state index in [-0.39, 0.29) is 0 Å². The first kappa shape index (κ1) is 13.5. The average Bonchev–Trinajstić information content (AvgIpc) is 2.75. The lowest BCUT2D eigenvalue weighted by molar-refractivity contribution is 0.582. The minimum absolute atomic E-state index is 0.790. The third kappa shape index (κ3) is 3.79. The van der Waals surface area contributed by atoms with Crippen molar-refractivity contribution in [3.8, 4) is 5.75 Å². The van der Waals surface area contributed by atoms with Gasteiger partial charge in [0.15, 0.2) is 0 Å². The molecule has 0 fully saturated rings. The molecule has 1 radical (unpaired) electrons. The zero-order chi connectivity index (χ0) is 13.8. The van der Waals surface area contributed by atoms with Crippen LogP contribution in [-0.4, -0.2) is 25.0 Å². The summed E-state index contributed by atoms with van der Waals surface area (Å²) in [6.07, 6.45) is 5.52. The molecule has 0 unspecified atom stereocenters. The SMILES string of the molecule is Cc1ccc(O[Si](C)C)c(N=Cc2cnn(C)c2)c1. The first-order chi connectivity index (χ1) is 9.04. The number of nitrogens with zero attached hydrogens (tertiary/aromatic N) is 3. The molecule has 99 valence electrons. The molecule has 1 aromatic heterocycles. The molecular weight excluding hydrogens is 254 g/mol. The second-order valence-corrected chi connectivity index (χ2v) is 6.71. The molecule has 2 rings (SSSR count). The van der Waals surface area contributed by atoms with Gasteiger partial charge < -0.3 is 4.43 Å². The van der Waals surface area contributed by atoms with E-state index in [1.165, 1.54) is 5.56 Å². The molecule has 0 spiro atoms. The molecule has 0 aliphatic heterocycles. The van der Waals surface area contributed by atoms with E-state index < -0.39 is 9.04 Å². The number of aryl methyl sites for hydroxylation is 2. The lowest BCUT2D eigenvalue weighted by atomic mass is 10.2. The Bertz CT molecular complexity index is 590. The van der Waals surface area contributed by atoms with E-state index in [2.05, 4.69) is 30.1 Å². The Kier molecular flexibility index (Phi) is 4.16. The quantitative estimate of drug-likeness (QED) is 0.633. The molecule has 1 aromatic carbocycles. The molecule has 4 nitrogen and oxygen atoms in total. The van der Waals surface area contributed by atoms with Gasteiger partial charge in [-0.3, -0.25) is 9.67 Å². The van der Waals surface area contributed by atoms with Gasteiger partial charge >= 0.3 is 0 Å². The minimum Gasteiger partial charge on any atom is -0.541 e. The van der Waals surface area contributed by atoms with Crippen LogP contribution in [0.5, 0.6) is 5.75 Å². The maximum atomic E-state index is 5.86. The summed E-state index contributed by atoms with van der Waals surface area (Å²) in [6.45, 7) is 6.27. The zero-order valence-electron chi connectivity index (χ0n) is 11.7. The van der Waals surface area contributed by atoms with Gasteiger partial charge in [0, 0.05) is 25.0 Å². The van der Waals surface area contributed by atoms with Crippen LogP contribution >= 0.6 is 0 Å². The van der Waals surface area contributed by atoms with E-state index in [4.69, 9.17) is 4.43 Å². The second-order valence-electron chi connectivity index (χ2n) is 4.69. The van der Waals surface area contributed by atoms with Crippen molar-refractivity contribution in [1.82, 2.24) is 9.78 Å². The number of benzene rings is 1. The average molecular weight is 272 g/mol. The smallest absolute Gasteiger partial charge is 0.274 e. The monoisotopic (exact) mass is 272 g/mol. The van der Waals surface area contributed by atoms with Gasteiger partial charge in [0.2, 0.25) is 0 Å². The summed E-state index contributed by atoms with van der Waals surface area (Å²) in [5, 5.41) is 4.12. The van der Waals surface area contributed by atoms with Crippen molar-refractivity contribution >= 4 is 20.9 Å². The third-order valence-electron chi connectivity index (χ3n) is 2.51. The van der Waals surface area contributed by atoms with Gasteiger partial charge in [-0.05, 0) is 37.7 Å². The Balaban J connectivity index is 2.27. The Hall–Kier alpha value is -1.88. The molecule has 0 N–H and O–H groups in total. The molecule has 0 aliphatic carbocycles. The van der Waals surface area contributed by atoms with Gasteiger partial charge in [0.1, 0.15) is 11.4 Å². The minimum atomic E-state index is -0.790. The van der Waals surface area contributed by atoms with Crippen LogP contribution < -0.4 is 4.43 Å². The van der Waals surface area contributed by atoms with E-state index in [9.17, 15) is 0 Å². The summed E-state index contributed by atoms with van der Waals surface area (Å²) < 4.78 is 7.62. The molecule has 0 bridgehead atoms. The predicted molar refractivity (Wildman–Crippen MR) is 79.8 cm³/mol. The molecule has 0 saturated carbocycles. The summed E-state index contributed by atoms with van der Waals surface area (Å²) in [5.74, 6) is 0.852. The number of hydrogen-bond acceptors (Lipinski definition) is 3. The molecule has 5 heteroatoms. The molecule has 0 aliphatic rings. The van der Waals surface area contributed by atoms with Crippen LogP contribution in [0.4, 0.5) is 5.69 Å². The van der Waals surface area contributed by atoms with Crippen molar-refractivity contribution in [3.63, 3.8) is 0 Å². The molecule has 2 aromatic rings. The Morgan fingerprint density at radius 1 is 1.37 bits per heavy atom. The van der Waals surface area contributed by atoms with Crippen LogP contribution in [0.3, 0.4) is 0 Å². The van der Waals surface area contributed by atoms with Gasteiger partial charge in [-0.2, -0.15) is 5.10 Å². The van der Waals surface area contributed by atoms with Crippen LogP contribution in [0.1, 0.15) is 11.1 Å². The standard InChI is InChI=1S/C14H18N3OSi/c1-11-5-6-14(18-19(3)4)13(7-11)15-8-12-9-16-17(2)10-12/h5-10H,1-4H3. The Morgan fingerprint density at radius 2 is 2.16 bits per heavy atom. The molecule has 0 amide bonds. The number of rotatable bonds is 4. The Morgan fingerprint density at radius 3 is 2.79 bits per heavy atom. The predicted octanol–water partition coefficient (Wildman–Crippen LogP) is 3.11. The van der Waals surface area contributed by atoms with Gasteiger partial charge in [0.25, 0.3) is 9.04 Å². The van der Waals surface area contributed by atoms with Crippen LogP contribution in [0, 0.1) is 6.92 Å². The lowest BCUT2D eigenvalue weighted by Gasteiger charge is -2.11. The summed E-state index contributed by atoms with van der Waals surface area (Å²) in [5.41, 5.74) is 3.02. The number of aromatic nitrogens is 2. The lowest BCUT2D eigenvalue weighted by Crippen LogP contribution is -2.11. The fourth-order valence-electron chi connectivity index (χ4n) is 1.69. The van der Waals surface area contributed by atoms with Gasteiger partial charge in [-0.1, -0.05) is 6.07 Å². The molecule has 0 atom stereocenters. The fraction of sp³-hybridized carbons (Fsp3) is 0.286. The maximum Gasteiger partial charge on any atom is 0.274 e. The highest BCUT2D eigenvalue weighted by molar-refractivity contribution is 6.49. The molecule has 19 heavy (non-hydrogen) atoms. The van der Waals surface area contributed by atoms with E-state index >= 15 is 0 Å². The van der Waals surface area contributed by atoms with E-state index in [0.717, 1.165) is 17.0 Å². The van der Waals surface area contributed by atoms with Crippen molar-refractivity contribution in [1.29, 1.82) is 0 Å². The zero-order valence-corrected chi connectivity index (χ0v) is 12.7. The maximum absolute atomic E-state index is 5.86. The largest absolute Gasteiger partial charge is 0.541 e. The summed E-state index contributed by atoms with van der Waals surface area (Å²) >= 11 is 0. The van der Waals surface area contributed by atoms with Crippen molar-refractivity contribution in [2.24, 2.45) is 12.0 Å². The van der Waals surface area contributed by atoms with Crippen molar-refractivity contribution in [2.45, 2.75) is 20.0 Å². The van der Waals surface area contributed by atoms with Crippen molar-refractivity contribution < 1.29 is 4.43 Å². The van der Waals surface area contributed by atoms with Crippen molar-refractivity contribution in [3.05, 3.63) is 41.7 Å². The van der Waals surface area contributed by atoms with Crippen LogP contribution in [-0.2, 0) is 7.05 Å². The van der Waals surface area contributed by atoms with Gasteiger partial charge in [0.05, 0.1) is 6.20 Å². The highest BCUT2D eigenvalue weighted by Gasteiger charge is 2.06. The van der Waals surface area contributed by atoms with Gasteiger partial charge in [-0.15, -0.1) is 0 Å². The molecule has 0 saturated heterocycles. The van der Waals surface area contributed by atoms with E-state index in [1.54, 1.807) is 10.9 Å². The first-order valence-electron chi connectivity index (χ1n) is 6.16. The summed E-state index contributed by atoms with van der Waals surface area (Å²) in [7, 11) is 1.10. The van der Waals surface area contributed by atoms with Crippen LogP contribution in [0.15, 0.2) is 35.6 Å². The van der Waals surface area contributed by atoms with E-state index in [0.29, 0.717) is 0 Å². The summed E-state index contributed by atoms with van der Waals surface area (Å²) in [4.78, 5) is 4.52. The number of aliphatic imine (C=N–C) groups is 1. The first-order valence-corrected chi connectivity index (χ1v) is 8.57. The Labute approximate surface area is 115 Å². The second kappa shape index (κ2) is 5.84. The molecule has 1 heterocycles. The third-order valence-corrected chi connectivity index (χ3v) is 3.13. The van der Waals surface area contributed by atoms with Crippen LogP contribution in [0.25, 0.3) is 0 Å². The highest BCUT2D eigenvalue weighted by Crippen LogP contribution is 2.29.